The van der Waals surface area contributed by atoms with Crippen LogP contribution in [0.1, 0.15) is 20.3 Å². The highest BCUT2D eigenvalue weighted by molar-refractivity contribution is 6.31. The van der Waals surface area contributed by atoms with Crippen molar-refractivity contribution in [2.75, 3.05) is 31.5 Å². The van der Waals surface area contributed by atoms with E-state index in [4.69, 9.17) is 11.6 Å². The number of pyridine rings is 1. The van der Waals surface area contributed by atoms with Crippen LogP contribution in [0.3, 0.4) is 0 Å². The van der Waals surface area contributed by atoms with Crippen LogP contribution in [0.4, 0.5) is 5.69 Å². The summed E-state index contributed by atoms with van der Waals surface area (Å²) in [7, 11) is 0. The van der Waals surface area contributed by atoms with Crippen molar-refractivity contribution >= 4 is 28.2 Å². The number of rotatable bonds is 8. The molecule has 1 atom stereocenters. The minimum absolute atomic E-state index is 0.310. The van der Waals surface area contributed by atoms with E-state index in [0.717, 1.165) is 42.8 Å². The van der Waals surface area contributed by atoms with Gasteiger partial charge in [-0.2, -0.15) is 0 Å². The van der Waals surface area contributed by atoms with Crippen molar-refractivity contribution in [3.05, 3.63) is 35.5 Å². The first-order valence-corrected chi connectivity index (χ1v) is 8.20. The minimum atomic E-state index is -0.310. The van der Waals surface area contributed by atoms with Crippen LogP contribution < -0.4 is 5.32 Å². The molecule has 1 heterocycles. The van der Waals surface area contributed by atoms with E-state index in [1.165, 1.54) is 0 Å². The molecule has 120 valence electrons. The highest BCUT2D eigenvalue weighted by Crippen LogP contribution is 2.24. The first-order chi connectivity index (χ1) is 10.6. The number of aliphatic hydroxyl groups excluding tert-OH is 1. The number of aliphatic hydroxyl groups is 1. The molecule has 0 amide bonds. The molecule has 4 nitrogen and oxygen atoms in total. The molecule has 0 fully saturated rings. The third-order valence-electron chi connectivity index (χ3n) is 3.86. The van der Waals surface area contributed by atoms with E-state index in [0.29, 0.717) is 11.4 Å². The average Bonchev–Trinajstić information content (AvgIpc) is 2.52. The van der Waals surface area contributed by atoms with Crippen molar-refractivity contribution in [1.82, 2.24) is 9.88 Å². The molecule has 0 radical (unpaired) electrons. The van der Waals surface area contributed by atoms with Gasteiger partial charge in [0.05, 0.1) is 11.6 Å². The van der Waals surface area contributed by atoms with Gasteiger partial charge in [0, 0.05) is 35.4 Å². The van der Waals surface area contributed by atoms with Crippen LogP contribution in [0, 0.1) is 0 Å². The second-order valence-corrected chi connectivity index (χ2v) is 5.81. The van der Waals surface area contributed by atoms with Crippen molar-refractivity contribution in [2.24, 2.45) is 0 Å². The first kappa shape index (κ1) is 17.0. The summed E-state index contributed by atoms with van der Waals surface area (Å²) < 4.78 is 0. The van der Waals surface area contributed by atoms with Gasteiger partial charge in [-0.05, 0) is 43.8 Å². The van der Waals surface area contributed by atoms with Gasteiger partial charge in [-0.15, -0.1) is 0 Å². The standard InChI is InChI=1S/C17H24ClN3O/c1-3-21(4-2)12-14(22)7-9-19-16-8-10-20-17-11-13(18)5-6-15(16)17/h5-6,8,10-11,14,22H,3-4,7,9,12H2,1-2H3,(H,19,20). The number of fused-ring (bicyclic) bond motifs is 1. The molecule has 1 unspecified atom stereocenters. The fourth-order valence-electron chi connectivity index (χ4n) is 2.52. The Bertz CT molecular complexity index is 601. The smallest absolute Gasteiger partial charge is 0.0737 e. The number of nitrogens with zero attached hydrogens (tertiary/aromatic N) is 2. The lowest BCUT2D eigenvalue weighted by molar-refractivity contribution is 0.113. The topological polar surface area (TPSA) is 48.4 Å². The Labute approximate surface area is 137 Å². The molecule has 2 rings (SSSR count). The van der Waals surface area contributed by atoms with Gasteiger partial charge in [-0.1, -0.05) is 25.4 Å². The molecule has 0 aliphatic heterocycles. The van der Waals surface area contributed by atoms with Crippen LogP contribution in [-0.4, -0.2) is 47.3 Å². The normalized spacial score (nSPS) is 12.8. The van der Waals surface area contributed by atoms with Crippen LogP contribution in [-0.2, 0) is 0 Å². The van der Waals surface area contributed by atoms with Gasteiger partial charge in [0.2, 0.25) is 0 Å². The molecule has 0 saturated carbocycles. The number of nitrogens with one attached hydrogen (secondary N) is 1. The van der Waals surface area contributed by atoms with Gasteiger partial charge in [0.25, 0.3) is 0 Å². The summed E-state index contributed by atoms with van der Waals surface area (Å²) in [4.78, 5) is 6.56. The van der Waals surface area contributed by atoms with Crippen molar-refractivity contribution in [2.45, 2.75) is 26.4 Å². The van der Waals surface area contributed by atoms with Crippen LogP contribution in [0.5, 0.6) is 0 Å². The Morgan fingerprint density at radius 1 is 1.27 bits per heavy atom. The Morgan fingerprint density at radius 2 is 2.05 bits per heavy atom. The average molecular weight is 322 g/mol. The first-order valence-electron chi connectivity index (χ1n) is 7.82. The zero-order valence-electron chi connectivity index (χ0n) is 13.2. The molecule has 2 N–H and O–H groups in total. The van der Waals surface area contributed by atoms with Crippen LogP contribution in [0.15, 0.2) is 30.5 Å². The third-order valence-corrected chi connectivity index (χ3v) is 4.10. The Morgan fingerprint density at radius 3 is 2.77 bits per heavy atom. The quantitative estimate of drug-likeness (QED) is 0.782. The van der Waals surface area contributed by atoms with Gasteiger partial charge in [-0.25, -0.2) is 0 Å². The van der Waals surface area contributed by atoms with E-state index in [2.05, 4.69) is 29.0 Å². The SMILES string of the molecule is CCN(CC)CC(O)CCNc1ccnc2cc(Cl)ccc12. The second kappa shape index (κ2) is 8.32. The molecule has 0 saturated heterocycles. The van der Waals surface area contributed by atoms with Gasteiger partial charge in [0.1, 0.15) is 0 Å². The summed E-state index contributed by atoms with van der Waals surface area (Å²) in [6.07, 6.45) is 2.18. The molecule has 0 bridgehead atoms. The number of likely N-dealkylation sites (N-methyl/N-ethyl adjacent to an activating group) is 1. The number of aromatic nitrogens is 1. The van der Waals surface area contributed by atoms with Crippen LogP contribution in [0.25, 0.3) is 10.9 Å². The number of hydrogen-bond acceptors (Lipinski definition) is 4. The van der Waals surface area contributed by atoms with E-state index in [-0.39, 0.29) is 6.10 Å². The molecule has 0 aliphatic rings. The molecule has 0 spiro atoms. The van der Waals surface area contributed by atoms with Gasteiger partial charge < -0.3 is 15.3 Å². The zero-order valence-corrected chi connectivity index (χ0v) is 14.0. The van der Waals surface area contributed by atoms with Crippen LogP contribution in [0.2, 0.25) is 5.02 Å². The monoisotopic (exact) mass is 321 g/mol. The van der Waals surface area contributed by atoms with Gasteiger partial charge >= 0.3 is 0 Å². The predicted molar refractivity (Wildman–Crippen MR) is 93.7 cm³/mol. The maximum absolute atomic E-state index is 10.1. The molecular formula is C17H24ClN3O. The predicted octanol–water partition coefficient (Wildman–Crippen LogP) is 3.39. The lowest BCUT2D eigenvalue weighted by Crippen LogP contribution is -2.33. The summed E-state index contributed by atoms with van der Waals surface area (Å²) in [6.45, 7) is 7.62. The largest absolute Gasteiger partial charge is 0.392 e. The lowest BCUT2D eigenvalue weighted by Gasteiger charge is -2.22. The van der Waals surface area contributed by atoms with E-state index < -0.39 is 0 Å². The molecule has 5 heteroatoms. The van der Waals surface area contributed by atoms with Crippen molar-refractivity contribution < 1.29 is 5.11 Å². The highest BCUT2D eigenvalue weighted by atomic mass is 35.5. The minimum Gasteiger partial charge on any atom is -0.392 e. The summed E-state index contributed by atoms with van der Waals surface area (Å²) in [5.74, 6) is 0. The molecule has 0 aliphatic carbocycles. The van der Waals surface area contributed by atoms with Gasteiger partial charge in [0.15, 0.2) is 0 Å². The van der Waals surface area contributed by atoms with E-state index >= 15 is 0 Å². The fraction of sp³-hybridized carbons (Fsp3) is 0.471. The number of hydrogen-bond donors (Lipinski definition) is 2. The number of benzene rings is 1. The molecule has 22 heavy (non-hydrogen) atoms. The van der Waals surface area contributed by atoms with Gasteiger partial charge in [-0.3, -0.25) is 4.98 Å². The molecule has 1 aromatic carbocycles. The third kappa shape index (κ3) is 4.57. The van der Waals surface area contributed by atoms with E-state index in [1.807, 2.05) is 24.3 Å². The van der Waals surface area contributed by atoms with Crippen molar-refractivity contribution in [3.63, 3.8) is 0 Å². The Balaban J connectivity index is 1.92. The summed E-state index contributed by atoms with van der Waals surface area (Å²) >= 11 is 5.99. The highest BCUT2D eigenvalue weighted by Gasteiger charge is 2.09. The van der Waals surface area contributed by atoms with Crippen LogP contribution >= 0.6 is 11.6 Å². The molecule has 1 aromatic heterocycles. The van der Waals surface area contributed by atoms with E-state index in [9.17, 15) is 5.11 Å². The Kier molecular flexibility index (Phi) is 6.43. The number of halogens is 1. The van der Waals surface area contributed by atoms with Crippen molar-refractivity contribution in [3.8, 4) is 0 Å². The molecular weight excluding hydrogens is 298 g/mol. The second-order valence-electron chi connectivity index (χ2n) is 5.38. The summed E-state index contributed by atoms with van der Waals surface area (Å²) in [5, 5.41) is 15.2. The van der Waals surface area contributed by atoms with E-state index in [1.54, 1.807) is 6.20 Å². The lowest BCUT2D eigenvalue weighted by atomic mass is 10.1. The maximum atomic E-state index is 10.1. The Hall–Kier alpha value is -1.36. The van der Waals surface area contributed by atoms with Crippen molar-refractivity contribution in [1.29, 1.82) is 0 Å². The fourth-order valence-corrected chi connectivity index (χ4v) is 2.69. The zero-order chi connectivity index (χ0) is 15.9. The summed E-state index contributed by atoms with van der Waals surface area (Å²) in [6, 6.07) is 7.65. The maximum Gasteiger partial charge on any atom is 0.0737 e. The summed E-state index contributed by atoms with van der Waals surface area (Å²) in [5.41, 5.74) is 1.90. The number of anilines is 1. The molecule has 2 aromatic rings.